The van der Waals surface area contributed by atoms with Crippen LogP contribution in [0, 0.1) is 0 Å². The van der Waals surface area contributed by atoms with E-state index in [0.717, 1.165) is 11.3 Å². The van der Waals surface area contributed by atoms with Crippen LogP contribution in [-0.2, 0) is 4.79 Å². The van der Waals surface area contributed by atoms with Crippen molar-refractivity contribution >= 4 is 18.6 Å². The van der Waals surface area contributed by atoms with Crippen molar-refractivity contribution in [2.45, 2.75) is 52.1 Å². The molecular weight excluding hydrogens is 287 g/mol. The summed E-state index contributed by atoms with van der Waals surface area (Å²) in [5, 5.41) is 2.69. The van der Waals surface area contributed by atoms with Gasteiger partial charge in [-0.3, -0.25) is 4.79 Å². The highest BCUT2D eigenvalue weighted by molar-refractivity contribution is 6.56. The van der Waals surface area contributed by atoms with Gasteiger partial charge < -0.3 is 23.2 Å². The number of hydrogen-bond donors (Lipinski definition) is 1. The molecule has 0 aromatic carbocycles. The minimum atomic E-state index is -3.85. The van der Waals surface area contributed by atoms with Crippen LogP contribution in [0.4, 0.5) is 8.63 Å². The van der Waals surface area contributed by atoms with E-state index in [-0.39, 0.29) is 18.4 Å². The highest BCUT2D eigenvalue weighted by atomic mass is 19.2. The molecule has 22 heavy (non-hydrogen) atoms. The van der Waals surface area contributed by atoms with Crippen molar-refractivity contribution in [3.05, 3.63) is 23.4 Å². The smallest absolute Gasteiger partial charge is 0.396 e. The van der Waals surface area contributed by atoms with E-state index in [4.69, 9.17) is 0 Å². The lowest BCUT2D eigenvalue weighted by molar-refractivity contribution is -0.393. The number of halogens is 2. The van der Waals surface area contributed by atoms with Crippen LogP contribution in [0.3, 0.4) is 0 Å². The summed E-state index contributed by atoms with van der Waals surface area (Å²) in [5.74, 6) is -0.177. The molecule has 0 aliphatic carbocycles. The van der Waals surface area contributed by atoms with Crippen LogP contribution in [-0.4, -0.2) is 46.5 Å². The number of nitrogens with zero attached hydrogens (tertiary/aromatic N) is 2. The molecule has 1 N–H and O–H groups in total. The Kier molecular flexibility index (Phi) is 3.71. The van der Waals surface area contributed by atoms with Crippen LogP contribution in [0.15, 0.2) is 23.4 Å². The molecule has 0 bridgehead atoms. The maximum absolute atomic E-state index is 15.1. The third-order valence-corrected chi connectivity index (χ3v) is 4.88. The van der Waals surface area contributed by atoms with Crippen LogP contribution in [0.2, 0.25) is 0 Å². The first kappa shape index (κ1) is 15.4. The summed E-state index contributed by atoms with van der Waals surface area (Å²) in [6.45, 7) is 2.21. The van der Waals surface area contributed by atoms with Crippen molar-refractivity contribution in [3.8, 4) is 0 Å². The monoisotopic (exact) mass is 309 g/mol. The molecule has 3 aliphatic rings. The van der Waals surface area contributed by atoms with E-state index in [0.29, 0.717) is 25.1 Å². The van der Waals surface area contributed by atoms with Crippen LogP contribution in [0.1, 0.15) is 40.0 Å². The third kappa shape index (κ3) is 2.22. The average molecular weight is 309 g/mol. The standard InChI is InChI=1S/C15H22BF2N3O/c1-4-19-15(22)9-13-6-5-12-8-14-10(2)7-11(3)20(14)16(17,18)21(12)13/h5-6,12-13H,4,7-9H2,1-3H3,(H,19,22). The molecular formula is C15H22BF2N3O. The highest BCUT2D eigenvalue weighted by Gasteiger charge is 2.60. The molecule has 1 amide bonds. The first-order chi connectivity index (χ1) is 10.4. The lowest BCUT2D eigenvalue weighted by Crippen LogP contribution is -2.64. The Labute approximate surface area is 129 Å². The van der Waals surface area contributed by atoms with E-state index < -0.39 is 13.0 Å². The maximum atomic E-state index is 15.1. The summed E-state index contributed by atoms with van der Waals surface area (Å²) in [7, 11) is 0. The van der Waals surface area contributed by atoms with Gasteiger partial charge in [-0.2, -0.15) is 0 Å². The van der Waals surface area contributed by atoms with Crippen LogP contribution in [0.25, 0.3) is 0 Å². The Morgan fingerprint density at radius 3 is 2.86 bits per heavy atom. The summed E-state index contributed by atoms with van der Waals surface area (Å²) in [5.41, 5.74) is 2.52. The number of nitrogens with one attached hydrogen (secondary N) is 1. The topological polar surface area (TPSA) is 35.4 Å². The Bertz CT molecular complexity index is 612. The fraction of sp³-hybridized carbons (Fsp3) is 0.600. The average Bonchev–Trinajstić information content (AvgIpc) is 2.93. The summed E-state index contributed by atoms with van der Waals surface area (Å²) >= 11 is 0. The predicted molar refractivity (Wildman–Crippen MR) is 82.7 cm³/mol. The van der Waals surface area contributed by atoms with Crippen molar-refractivity contribution < 1.29 is 17.9 Å². The van der Waals surface area contributed by atoms with Gasteiger partial charge in [-0.1, -0.05) is 12.2 Å². The van der Waals surface area contributed by atoms with Crippen molar-refractivity contribution in [1.29, 1.82) is 0 Å². The van der Waals surface area contributed by atoms with Gasteiger partial charge in [0, 0.05) is 44.8 Å². The van der Waals surface area contributed by atoms with Crippen molar-refractivity contribution in [1.82, 2.24) is 10.1 Å². The maximum Gasteiger partial charge on any atom is 0.703 e. The van der Waals surface area contributed by atoms with E-state index in [1.807, 2.05) is 19.9 Å². The van der Waals surface area contributed by atoms with E-state index in [1.54, 1.807) is 13.0 Å². The fourth-order valence-corrected chi connectivity index (χ4v) is 4.03. The molecule has 2 atom stereocenters. The second-order valence-electron chi connectivity index (χ2n) is 6.43. The summed E-state index contributed by atoms with van der Waals surface area (Å²) in [4.78, 5) is 13.0. The minimum Gasteiger partial charge on any atom is -0.396 e. The molecule has 0 spiro atoms. The van der Waals surface area contributed by atoms with Gasteiger partial charge in [0.25, 0.3) is 0 Å². The van der Waals surface area contributed by atoms with Gasteiger partial charge in [0.05, 0.1) is 0 Å². The lowest BCUT2D eigenvalue weighted by Gasteiger charge is -2.44. The predicted octanol–water partition coefficient (Wildman–Crippen LogP) is 2.05. The number of carbonyl (C=O) groups is 1. The van der Waals surface area contributed by atoms with Crippen molar-refractivity contribution in [2.75, 3.05) is 6.54 Å². The Morgan fingerprint density at radius 1 is 1.45 bits per heavy atom. The van der Waals surface area contributed by atoms with Crippen LogP contribution in [0.5, 0.6) is 0 Å². The fourth-order valence-electron chi connectivity index (χ4n) is 4.03. The van der Waals surface area contributed by atoms with E-state index >= 15 is 8.63 Å². The van der Waals surface area contributed by atoms with Crippen molar-refractivity contribution in [2.24, 2.45) is 0 Å². The number of amides is 1. The second-order valence-corrected chi connectivity index (χ2v) is 6.43. The van der Waals surface area contributed by atoms with Gasteiger partial charge in [-0.25, -0.2) is 0 Å². The Balaban J connectivity index is 1.90. The van der Waals surface area contributed by atoms with E-state index in [9.17, 15) is 4.79 Å². The second kappa shape index (κ2) is 5.30. The SMILES string of the molecule is CCNC(=O)CC1C=CC2CC3=C(C)CC(C)=[N+]3[B-](F)(F)N12. The van der Waals surface area contributed by atoms with E-state index in [2.05, 4.69) is 5.32 Å². The highest BCUT2D eigenvalue weighted by Crippen LogP contribution is 2.41. The lowest BCUT2D eigenvalue weighted by atomic mass is 9.82. The number of hydrogen-bond acceptors (Lipinski definition) is 2. The quantitative estimate of drug-likeness (QED) is 0.640. The van der Waals surface area contributed by atoms with Gasteiger partial charge in [-0.05, 0) is 19.4 Å². The van der Waals surface area contributed by atoms with Crippen molar-refractivity contribution in [3.63, 3.8) is 0 Å². The molecule has 3 rings (SSSR count). The molecule has 0 radical (unpaired) electrons. The molecule has 1 saturated heterocycles. The normalized spacial score (nSPS) is 29.9. The Morgan fingerprint density at radius 2 is 2.18 bits per heavy atom. The molecule has 3 aliphatic heterocycles. The largest absolute Gasteiger partial charge is 0.703 e. The zero-order valence-corrected chi connectivity index (χ0v) is 13.3. The first-order valence-corrected chi connectivity index (χ1v) is 7.91. The zero-order chi connectivity index (χ0) is 16.1. The number of fused-ring (bicyclic) bond motifs is 2. The first-order valence-electron chi connectivity index (χ1n) is 7.91. The number of allylic oxidation sites excluding steroid dienone is 1. The summed E-state index contributed by atoms with van der Waals surface area (Å²) in [6.07, 6.45) is 4.91. The molecule has 1 fully saturated rings. The number of rotatable bonds is 3. The van der Waals surface area contributed by atoms with Gasteiger partial charge in [0.2, 0.25) is 5.91 Å². The molecule has 120 valence electrons. The molecule has 2 unspecified atom stereocenters. The van der Waals surface area contributed by atoms with Gasteiger partial charge in [0.15, 0.2) is 0 Å². The van der Waals surface area contributed by atoms with Gasteiger partial charge in [-0.15, -0.1) is 0 Å². The Hall–Kier alpha value is -1.50. The molecule has 7 heteroatoms. The molecule has 0 aromatic heterocycles. The van der Waals surface area contributed by atoms with Crippen LogP contribution >= 0.6 is 0 Å². The molecule has 0 aromatic rings. The minimum absolute atomic E-state index is 0.0864. The molecule has 0 saturated carbocycles. The van der Waals surface area contributed by atoms with Gasteiger partial charge in [0.1, 0.15) is 11.4 Å². The third-order valence-electron chi connectivity index (χ3n) is 4.88. The van der Waals surface area contributed by atoms with Crippen LogP contribution < -0.4 is 5.32 Å². The molecule has 4 nitrogen and oxygen atoms in total. The summed E-state index contributed by atoms with van der Waals surface area (Å²) < 4.78 is 31.5. The number of carbonyl (C=O) groups excluding carboxylic acids is 1. The van der Waals surface area contributed by atoms with Gasteiger partial charge >= 0.3 is 6.97 Å². The zero-order valence-electron chi connectivity index (χ0n) is 13.3. The molecule has 3 heterocycles. The van der Waals surface area contributed by atoms with E-state index in [1.165, 1.54) is 9.30 Å². The summed E-state index contributed by atoms with van der Waals surface area (Å²) in [6, 6.07) is -0.830.